The summed E-state index contributed by atoms with van der Waals surface area (Å²) in [7, 11) is 0. The maximum absolute atomic E-state index is 12.4. The fraction of sp³-hybridized carbons (Fsp3) is 0.522. The first-order valence-corrected chi connectivity index (χ1v) is 11.2. The van der Waals surface area contributed by atoms with Gasteiger partial charge in [-0.25, -0.2) is 0 Å². The van der Waals surface area contributed by atoms with Gasteiger partial charge in [0.15, 0.2) is 0 Å². The van der Waals surface area contributed by atoms with E-state index in [1.54, 1.807) is 0 Å². The molecule has 1 aromatic heterocycles. The summed E-state index contributed by atoms with van der Waals surface area (Å²) in [6.45, 7) is 5.57. The van der Waals surface area contributed by atoms with Gasteiger partial charge in [-0.05, 0) is 36.0 Å². The summed E-state index contributed by atoms with van der Waals surface area (Å²) in [6, 6.07) is 2.12. The predicted molar refractivity (Wildman–Crippen MR) is 115 cm³/mol. The number of ketones is 1. The van der Waals surface area contributed by atoms with Crippen LogP contribution >= 0.6 is 15.9 Å². The van der Waals surface area contributed by atoms with Gasteiger partial charge in [0.05, 0.1) is 5.69 Å². The summed E-state index contributed by atoms with van der Waals surface area (Å²) in [5.74, 6) is 1.05. The second-order valence-electron chi connectivity index (χ2n) is 8.39. The van der Waals surface area contributed by atoms with Crippen LogP contribution in [0.2, 0.25) is 0 Å². The van der Waals surface area contributed by atoms with E-state index in [-0.39, 0.29) is 22.6 Å². The third kappa shape index (κ3) is 4.14. The van der Waals surface area contributed by atoms with Crippen LogP contribution in [-0.4, -0.2) is 39.5 Å². The Bertz CT molecular complexity index is 868. The van der Waals surface area contributed by atoms with Crippen molar-refractivity contribution in [2.45, 2.75) is 50.8 Å². The fourth-order valence-corrected chi connectivity index (χ4v) is 4.49. The van der Waals surface area contributed by atoms with Gasteiger partial charge < -0.3 is 4.90 Å². The molecule has 1 aliphatic heterocycles. The zero-order valence-electron chi connectivity index (χ0n) is 16.6. The Morgan fingerprint density at radius 1 is 1.36 bits per heavy atom. The predicted octanol–water partition coefficient (Wildman–Crippen LogP) is 4.21. The van der Waals surface area contributed by atoms with Crippen molar-refractivity contribution in [3.8, 4) is 0 Å². The Morgan fingerprint density at radius 3 is 2.82 bits per heavy atom. The highest BCUT2D eigenvalue weighted by molar-refractivity contribution is 9.09. The number of hydrogen-bond acceptors (Lipinski definition) is 3. The maximum Gasteiger partial charge on any atom is 0.223 e. The number of carbonyl (C=O) groups is 2. The number of amides is 1. The molecule has 0 radical (unpaired) electrons. The van der Waals surface area contributed by atoms with Gasteiger partial charge in [-0.3, -0.25) is 14.6 Å². The SMILES string of the molecule is CC(Br)CC(=O)N1CC=C(c2cc(CC(=O)C3CC3)nc3c2C=CC3)C(C)C1. The van der Waals surface area contributed by atoms with Crippen molar-refractivity contribution in [2.75, 3.05) is 13.1 Å². The molecule has 148 valence electrons. The molecule has 3 aliphatic rings. The number of pyridine rings is 1. The standard InChI is InChI=1S/C23H27BrN2O2/c1-14-13-26(23(28)10-15(2)24)9-8-18(14)20-11-17(12-22(27)16-6-7-16)25-21-5-3-4-19(20)21/h3-4,8,11,14-16H,5-7,9-10,12-13H2,1-2H3. The number of aromatic nitrogens is 1. The molecule has 5 heteroatoms. The molecule has 1 aromatic rings. The van der Waals surface area contributed by atoms with Gasteiger partial charge in [-0.1, -0.05) is 48.0 Å². The highest BCUT2D eigenvalue weighted by Gasteiger charge is 2.31. The second-order valence-corrected chi connectivity index (χ2v) is 9.95. The lowest BCUT2D eigenvalue weighted by atomic mass is 9.87. The molecule has 2 unspecified atom stereocenters. The molecule has 0 aromatic carbocycles. The smallest absolute Gasteiger partial charge is 0.223 e. The van der Waals surface area contributed by atoms with E-state index in [0.717, 1.165) is 37.2 Å². The number of carbonyl (C=O) groups excluding carboxylic acids is 2. The van der Waals surface area contributed by atoms with E-state index in [9.17, 15) is 9.59 Å². The molecule has 2 atom stereocenters. The molecule has 0 saturated heterocycles. The van der Waals surface area contributed by atoms with E-state index in [1.165, 1.54) is 16.7 Å². The first-order valence-electron chi connectivity index (χ1n) is 10.3. The number of allylic oxidation sites excluding steroid dienone is 1. The van der Waals surface area contributed by atoms with E-state index in [2.05, 4.69) is 47.1 Å². The molecule has 2 heterocycles. The molecule has 0 spiro atoms. The normalized spacial score (nSPS) is 22.0. The molecule has 28 heavy (non-hydrogen) atoms. The van der Waals surface area contributed by atoms with Gasteiger partial charge in [-0.2, -0.15) is 0 Å². The number of nitrogens with zero attached hydrogens (tertiary/aromatic N) is 2. The highest BCUT2D eigenvalue weighted by Crippen LogP contribution is 2.36. The van der Waals surface area contributed by atoms with Gasteiger partial charge in [0.1, 0.15) is 5.78 Å². The number of fused-ring (bicyclic) bond motifs is 1. The third-order valence-corrected chi connectivity index (χ3v) is 6.17. The first kappa shape index (κ1) is 19.6. The minimum atomic E-state index is 0.195. The molecule has 2 aliphatic carbocycles. The van der Waals surface area contributed by atoms with Gasteiger partial charge >= 0.3 is 0 Å². The number of Topliss-reactive ketones (excluding diaryl/α,β-unsaturated/α-hetero) is 1. The van der Waals surface area contributed by atoms with Crippen molar-refractivity contribution in [2.24, 2.45) is 11.8 Å². The van der Waals surface area contributed by atoms with Gasteiger partial charge in [0.2, 0.25) is 5.91 Å². The van der Waals surface area contributed by atoms with Gasteiger partial charge in [-0.15, -0.1) is 0 Å². The molecule has 1 saturated carbocycles. The van der Waals surface area contributed by atoms with E-state index in [1.807, 2.05) is 11.8 Å². The largest absolute Gasteiger partial charge is 0.338 e. The van der Waals surface area contributed by atoms with Crippen LogP contribution in [0.5, 0.6) is 0 Å². The fourth-order valence-electron chi connectivity index (χ4n) is 4.22. The number of alkyl halides is 1. The van der Waals surface area contributed by atoms with Crippen LogP contribution in [0.3, 0.4) is 0 Å². The minimum absolute atomic E-state index is 0.195. The quantitative estimate of drug-likeness (QED) is 0.619. The summed E-state index contributed by atoms with van der Waals surface area (Å²) in [5, 5.41) is 0. The van der Waals surface area contributed by atoms with Crippen LogP contribution in [0.25, 0.3) is 11.6 Å². The zero-order chi connectivity index (χ0) is 19.8. The van der Waals surface area contributed by atoms with Crippen molar-refractivity contribution >= 4 is 39.3 Å². The Labute approximate surface area is 175 Å². The van der Waals surface area contributed by atoms with Crippen molar-refractivity contribution in [1.82, 2.24) is 9.88 Å². The number of halogens is 1. The van der Waals surface area contributed by atoms with Crippen LogP contribution in [0.1, 0.15) is 55.6 Å². The van der Waals surface area contributed by atoms with Crippen molar-refractivity contribution in [3.05, 3.63) is 40.7 Å². The number of rotatable bonds is 6. The van der Waals surface area contributed by atoms with Crippen LogP contribution < -0.4 is 0 Å². The lowest BCUT2D eigenvalue weighted by Crippen LogP contribution is -2.39. The second kappa shape index (κ2) is 7.94. The van der Waals surface area contributed by atoms with Gasteiger partial charge in [0.25, 0.3) is 0 Å². The van der Waals surface area contributed by atoms with E-state index >= 15 is 0 Å². The minimum Gasteiger partial charge on any atom is -0.338 e. The Morgan fingerprint density at radius 2 is 2.14 bits per heavy atom. The summed E-state index contributed by atoms with van der Waals surface area (Å²) < 4.78 is 0. The molecule has 1 amide bonds. The third-order valence-electron chi connectivity index (χ3n) is 5.85. The summed E-state index contributed by atoms with van der Waals surface area (Å²) in [4.78, 5) is 31.7. The van der Waals surface area contributed by atoms with Crippen LogP contribution in [0, 0.1) is 11.8 Å². The van der Waals surface area contributed by atoms with E-state index in [0.29, 0.717) is 25.2 Å². The topological polar surface area (TPSA) is 50.3 Å². The summed E-state index contributed by atoms with van der Waals surface area (Å²) >= 11 is 3.48. The summed E-state index contributed by atoms with van der Waals surface area (Å²) in [5.41, 5.74) is 5.64. The van der Waals surface area contributed by atoms with Crippen molar-refractivity contribution in [3.63, 3.8) is 0 Å². The molecule has 1 fully saturated rings. The Balaban J connectivity index is 1.60. The molecule has 4 rings (SSSR count). The average Bonchev–Trinajstić information content (AvgIpc) is 3.39. The van der Waals surface area contributed by atoms with Crippen molar-refractivity contribution in [1.29, 1.82) is 0 Å². The number of hydrogen-bond donors (Lipinski definition) is 0. The Hall–Kier alpha value is -1.75. The lowest BCUT2D eigenvalue weighted by molar-refractivity contribution is -0.131. The van der Waals surface area contributed by atoms with Gasteiger partial charge in [0, 0.05) is 54.4 Å². The average molecular weight is 443 g/mol. The van der Waals surface area contributed by atoms with Crippen molar-refractivity contribution < 1.29 is 9.59 Å². The molecular formula is C23H27BrN2O2. The zero-order valence-corrected chi connectivity index (χ0v) is 18.2. The van der Waals surface area contributed by atoms with E-state index in [4.69, 9.17) is 4.98 Å². The molecule has 4 nitrogen and oxygen atoms in total. The maximum atomic E-state index is 12.4. The summed E-state index contributed by atoms with van der Waals surface area (Å²) in [6.07, 6.45) is 10.4. The lowest BCUT2D eigenvalue weighted by Gasteiger charge is -2.32. The van der Waals surface area contributed by atoms with Crippen LogP contribution in [0.15, 0.2) is 18.2 Å². The van der Waals surface area contributed by atoms with Crippen LogP contribution in [-0.2, 0) is 22.4 Å². The highest BCUT2D eigenvalue weighted by atomic mass is 79.9. The van der Waals surface area contributed by atoms with E-state index < -0.39 is 0 Å². The Kier molecular flexibility index (Phi) is 5.55. The monoisotopic (exact) mass is 442 g/mol. The molecule has 0 bridgehead atoms. The van der Waals surface area contributed by atoms with Crippen LogP contribution in [0.4, 0.5) is 0 Å². The molecule has 0 N–H and O–H groups in total. The molecular weight excluding hydrogens is 416 g/mol. The first-order chi connectivity index (χ1) is 13.4.